The summed E-state index contributed by atoms with van der Waals surface area (Å²) in [4.78, 5) is 45.0. The van der Waals surface area contributed by atoms with Crippen LogP contribution in [0.1, 0.15) is 43.4 Å². The molecule has 10 nitrogen and oxygen atoms in total. The predicted molar refractivity (Wildman–Crippen MR) is 117 cm³/mol. The molecule has 3 N–H and O–H groups in total. The second kappa shape index (κ2) is 8.94. The molecule has 3 heterocycles. The van der Waals surface area contributed by atoms with Gasteiger partial charge in [-0.1, -0.05) is 11.6 Å². The molecule has 12 heteroatoms. The van der Waals surface area contributed by atoms with E-state index < -0.39 is 17.3 Å². The molecule has 0 saturated carbocycles. The number of primary amides is 1. The van der Waals surface area contributed by atoms with Crippen LogP contribution in [0.15, 0.2) is 30.6 Å². The fourth-order valence-corrected chi connectivity index (χ4v) is 3.88. The van der Waals surface area contributed by atoms with Crippen molar-refractivity contribution in [3.05, 3.63) is 64.1 Å². The van der Waals surface area contributed by atoms with E-state index >= 15 is 0 Å². The fourth-order valence-electron chi connectivity index (χ4n) is 3.62. The number of pyridine rings is 1. The molecule has 2 aromatic heterocycles. The Kier molecular flexibility index (Phi) is 6.05. The lowest BCUT2D eigenvalue weighted by Crippen LogP contribution is -2.37. The lowest BCUT2D eigenvalue weighted by molar-refractivity contribution is 0.0939. The number of anilines is 1. The van der Waals surface area contributed by atoms with Gasteiger partial charge in [0.15, 0.2) is 17.9 Å². The SMILES string of the molecule is Cc1ncn(-c2ccc(C(=O)NC3CCN(c4nc(C=O)cc(C(N)=O)c4F)C3)c(Cl)c2)n1. The minimum absolute atomic E-state index is 0.109. The first-order valence-electron chi connectivity index (χ1n) is 9.96. The molecule has 1 aliphatic heterocycles. The topological polar surface area (TPSA) is 136 Å². The highest BCUT2D eigenvalue weighted by Gasteiger charge is 2.29. The van der Waals surface area contributed by atoms with E-state index in [9.17, 15) is 18.8 Å². The number of amides is 2. The van der Waals surface area contributed by atoms with E-state index in [-0.39, 0.29) is 40.6 Å². The number of rotatable bonds is 6. The zero-order valence-electron chi connectivity index (χ0n) is 17.5. The minimum Gasteiger partial charge on any atom is -0.366 e. The van der Waals surface area contributed by atoms with Gasteiger partial charge in [0, 0.05) is 19.1 Å². The molecule has 0 bridgehead atoms. The summed E-state index contributed by atoms with van der Waals surface area (Å²) < 4.78 is 16.3. The molecule has 1 saturated heterocycles. The summed E-state index contributed by atoms with van der Waals surface area (Å²) in [5.74, 6) is -1.84. The van der Waals surface area contributed by atoms with E-state index in [0.717, 1.165) is 6.07 Å². The number of nitrogens with zero attached hydrogens (tertiary/aromatic N) is 5. The second-order valence-electron chi connectivity index (χ2n) is 7.52. The van der Waals surface area contributed by atoms with E-state index in [1.165, 1.54) is 0 Å². The van der Waals surface area contributed by atoms with Crippen molar-refractivity contribution >= 4 is 35.5 Å². The Hall–Kier alpha value is -3.86. The van der Waals surface area contributed by atoms with E-state index in [4.69, 9.17) is 17.3 Å². The first-order valence-corrected chi connectivity index (χ1v) is 10.3. The standard InChI is InChI=1S/C21H19ClFN7O3/c1-11-25-10-30(28-11)14-2-3-15(17(22)7-14)21(33)27-12-4-5-29(8-12)20-18(23)16(19(24)32)6-13(9-31)26-20/h2-3,6-7,9-10,12H,4-5,8H2,1H3,(H2,24,32)(H,27,33). The van der Waals surface area contributed by atoms with Crippen LogP contribution in [-0.4, -0.2) is 57.0 Å². The summed E-state index contributed by atoms with van der Waals surface area (Å²) in [5.41, 5.74) is 5.62. The largest absolute Gasteiger partial charge is 0.366 e. The van der Waals surface area contributed by atoms with Crippen LogP contribution in [0.25, 0.3) is 5.69 Å². The summed E-state index contributed by atoms with van der Waals surface area (Å²) in [6.07, 6.45) is 2.46. The van der Waals surface area contributed by atoms with Crippen LogP contribution in [0.2, 0.25) is 5.02 Å². The van der Waals surface area contributed by atoms with Gasteiger partial charge in [-0.2, -0.15) is 5.10 Å². The van der Waals surface area contributed by atoms with Gasteiger partial charge in [-0.3, -0.25) is 14.4 Å². The maximum atomic E-state index is 14.7. The number of hydrogen-bond donors (Lipinski definition) is 2. The highest BCUT2D eigenvalue weighted by atomic mass is 35.5. The van der Waals surface area contributed by atoms with Crippen LogP contribution in [0, 0.1) is 12.7 Å². The van der Waals surface area contributed by atoms with E-state index in [0.29, 0.717) is 30.8 Å². The Bertz CT molecular complexity index is 1260. The summed E-state index contributed by atoms with van der Waals surface area (Å²) in [5, 5.41) is 7.32. The number of carbonyl (C=O) groups excluding carboxylic acids is 3. The number of nitrogens with two attached hydrogens (primary N) is 1. The van der Waals surface area contributed by atoms with Crippen molar-refractivity contribution in [2.45, 2.75) is 19.4 Å². The fraction of sp³-hybridized carbons (Fsp3) is 0.238. The first-order chi connectivity index (χ1) is 15.8. The quantitative estimate of drug-likeness (QED) is 0.522. The zero-order valence-corrected chi connectivity index (χ0v) is 18.2. The average molecular weight is 472 g/mol. The van der Waals surface area contributed by atoms with Crippen molar-refractivity contribution in [1.82, 2.24) is 25.1 Å². The molecule has 33 heavy (non-hydrogen) atoms. The molecule has 0 radical (unpaired) electrons. The van der Waals surface area contributed by atoms with Gasteiger partial charge in [-0.05, 0) is 37.6 Å². The van der Waals surface area contributed by atoms with E-state index in [1.54, 1.807) is 41.0 Å². The number of nitrogens with one attached hydrogen (secondary N) is 1. The Balaban J connectivity index is 1.48. The number of aldehydes is 1. The average Bonchev–Trinajstić information content (AvgIpc) is 3.42. The number of carbonyl (C=O) groups is 3. The van der Waals surface area contributed by atoms with Crippen LogP contribution in [0.4, 0.5) is 10.2 Å². The van der Waals surface area contributed by atoms with Crippen LogP contribution in [0.3, 0.4) is 0 Å². The molecule has 1 aliphatic rings. The van der Waals surface area contributed by atoms with Crippen LogP contribution in [-0.2, 0) is 0 Å². The maximum absolute atomic E-state index is 14.7. The summed E-state index contributed by atoms with van der Waals surface area (Å²) in [6.45, 7) is 2.34. The van der Waals surface area contributed by atoms with Gasteiger partial charge in [0.05, 0.1) is 21.8 Å². The van der Waals surface area contributed by atoms with Crippen molar-refractivity contribution in [1.29, 1.82) is 0 Å². The van der Waals surface area contributed by atoms with Gasteiger partial charge >= 0.3 is 0 Å². The third-order valence-electron chi connectivity index (χ3n) is 5.24. The van der Waals surface area contributed by atoms with Gasteiger partial charge in [-0.15, -0.1) is 0 Å². The molecular weight excluding hydrogens is 453 g/mol. The second-order valence-corrected chi connectivity index (χ2v) is 7.93. The van der Waals surface area contributed by atoms with Gasteiger partial charge in [0.2, 0.25) is 0 Å². The number of hydrogen-bond acceptors (Lipinski definition) is 7. The monoisotopic (exact) mass is 471 g/mol. The lowest BCUT2D eigenvalue weighted by atomic mass is 10.1. The molecule has 0 spiro atoms. The van der Waals surface area contributed by atoms with Gasteiger partial charge in [-0.25, -0.2) is 19.0 Å². The molecule has 1 fully saturated rings. The van der Waals surface area contributed by atoms with Gasteiger partial charge in [0.25, 0.3) is 11.8 Å². The third-order valence-corrected chi connectivity index (χ3v) is 5.55. The maximum Gasteiger partial charge on any atom is 0.253 e. The van der Waals surface area contributed by atoms with Crippen molar-refractivity contribution < 1.29 is 18.8 Å². The predicted octanol–water partition coefficient (Wildman–Crippen LogP) is 1.68. The van der Waals surface area contributed by atoms with Crippen molar-refractivity contribution in [3.8, 4) is 5.69 Å². The third kappa shape index (κ3) is 4.53. The van der Waals surface area contributed by atoms with Crippen molar-refractivity contribution in [2.24, 2.45) is 5.73 Å². The van der Waals surface area contributed by atoms with Crippen LogP contribution >= 0.6 is 11.6 Å². The Morgan fingerprint density at radius 2 is 2.09 bits per heavy atom. The van der Waals surface area contributed by atoms with Crippen LogP contribution < -0.4 is 16.0 Å². The molecule has 4 rings (SSSR count). The number of halogens is 2. The number of benzene rings is 1. The van der Waals surface area contributed by atoms with Crippen molar-refractivity contribution in [3.63, 3.8) is 0 Å². The highest BCUT2D eigenvalue weighted by molar-refractivity contribution is 6.34. The first kappa shape index (κ1) is 22.3. The Labute approximate surface area is 192 Å². The smallest absolute Gasteiger partial charge is 0.253 e. The highest BCUT2D eigenvalue weighted by Crippen LogP contribution is 2.25. The number of aromatic nitrogens is 4. The lowest BCUT2D eigenvalue weighted by Gasteiger charge is -2.20. The molecule has 1 atom stereocenters. The molecule has 1 aromatic carbocycles. The summed E-state index contributed by atoms with van der Waals surface area (Å²) >= 11 is 6.32. The normalized spacial score (nSPS) is 15.5. The van der Waals surface area contributed by atoms with Crippen LogP contribution in [0.5, 0.6) is 0 Å². The molecule has 170 valence electrons. The Morgan fingerprint density at radius 3 is 2.73 bits per heavy atom. The van der Waals surface area contributed by atoms with E-state index in [2.05, 4.69) is 20.4 Å². The Morgan fingerprint density at radius 1 is 1.30 bits per heavy atom. The summed E-state index contributed by atoms with van der Waals surface area (Å²) in [6, 6.07) is 5.58. The molecule has 3 aromatic rings. The van der Waals surface area contributed by atoms with Crippen molar-refractivity contribution in [2.75, 3.05) is 18.0 Å². The van der Waals surface area contributed by atoms with Gasteiger partial charge < -0.3 is 16.0 Å². The van der Waals surface area contributed by atoms with E-state index in [1.807, 2.05) is 0 Å². The molecular formula is C21H19ClFN7O3. The van der Waals surface area contributed by atoms with Gasteiger partial charge in [0.1, 0.15) is 17.8 Å². The summed E-state index contributed by atoms with van der Waals surface area (Å²) in [7, 11) is 0. The molecule has 0 aliphatic carbocycles. The molecule has 1 unspecified atom stereocenters. The zero-order chi connectivity index (χ0) is 23.7. The number of aryl methyl sites for hydroxylation is 1. The molecule has 2 amide bonds. The minimum atomic E-state index is -0.998.